The molecule has 2 fully saturated rings. The van der Waals surface area contributed by atoms with Gasteiger partial charge < -0.3 is 20.7 Å². The summed E-state index contributed by atoms with van der Waals surface area (Å²) >= 11 is 0. The van der Waals surface area contributed by atoms with Crippen LogP contribution < -0.4 is 11.1 Å². The van der Waals surface area contributed by atoms with Crippen molar-refractivity contribution in [1.29, 1.82) is 0 Å². The first kappa shape index (κ1) is 23.9. The van der Waals surface area contributed by atoms with Crippen LogP contribution in [0.5, 0.6) is 0 Å². The van der Waals surface area contributed by atoms with Crippen molar-refractivity contribution in [2.45, 2.75) is 50.4 Å². The minimum atomic E-state index is -4.51. The van der Waals surface area contributed by atoms with Crippen molar-refractivity contribution < 1.29 is 27.5 Å². The van der Waals surface area contributed by atoms with Gasteiger partial charge in [0.1, 0.15) is 5.82 Å². The first-order valence-corrected chi connectivity index (χ1v) is 11.1. The van der Waals surface area contributed by atoms with Crippen molar-refractivity contribution in [3.05, 3.63) is 47.4 Å². The standard InChI is InChI=1S/C23H26F3N5O3/c1-34-12-19(14-4-5-14)31(11-16-7-6-15(9-28-16)23(24,25)26)22(33)21(32)30-17-8-18(13-2-3-13)20(27)29-10-17/h6-10,13-14,19H,2-5,11-12H2,1H3,(H2,27,29)(H,30,32)/t19-/m0/s1. The third-order valence-electron chi connectivity index (χ3n) is 6.07. The summed E-state index contributed by atoms with van der Waals surface area (Å²) in [5.74, 6) is -0.841. The summed E-state index contributed by atoms with van der Waals surface area (Å²) in [5, 5.41) is 2.59. The highest BCUT2D eigenvalue weighted by atomic mass is 19.4. The zero-order valence-electron chi connectivity index (χ0n) is 18.6. The Morgan fingerprint density at radius 2 is 1.94 bits per heavy atom. The van der Waals surface area contributed by atoms with E-state index >= 15 is 0 Å². The maximum atomic E-state index is 13.2. The number of pyridine rings is 2. The van der Waals surface area contributed by atoms with E-state index in [9.17, 15) is 22.8 Å². The Balaban J connectivity index is 1.53. The second-order valence-corrected chi connectivity index (χ2v) is 8.76. The molecule has 8 nitrogen and oxygen atoms in total. The molecule has 11 heteroatoms. The predicted octanol–water partition coefficient (Wildman–Crippen LogP) is 3.35. The van der Waals surface area contributed by atoms with Crippen LogP contribution in [0, 0.1) is 5.92 Å². The van der Waals surface area contributed by atoms with E-state index in [0.717, 1.165) is 43.5 Å². The fourth-order valence-electron chi connectivity index (χ4n) is 3.93. The molecule has 4 rings (SSSR count). The van der Waals surface area contributed by atoms with E-state index in [1.165, 1.54) is 24.3 Å². The van der Waals surface area contributed by atoms with E-state index in [-0.39, 0.29) is 24.8 Å². The van der Waals surface area contributed by atoms with Crippen LogP contribution in [-0.4, -0.2) is 46.4 Å². The summed E-state index contributed by atoms with van der Waals surface area (Å²) in [5.41, 5.74) is 6.47. The number of hydrogen-bond acceptors (Lipinski definition) is 6. The van der Waals surface area contributed by atoms with Crippen LogP contribution in [0.3, 0.4) is 0 Å². The molecule has 1 atom stereocenters. The molecule has 2 aliphatic carbocycles. The fourth-order valence-corrected chi connectivity index (χ4v) is 3.93. The van der Waals surface area contributed by atoms with Crippen LogP contribution in [0.2, 0.25) is 0 Å². The van der Waals surface area contributed by atoms with Crippen LogP contribution in [0.25, 0.3) is 0 Å². The number of aromatic nitrogens is 2. The van der Waals surface area contributed by atoms with Gasteiger partial charge in [-0.3, -0.25) is 14.6 Å². The maximum Gasteiger partial charge on any atom is 0.417 e. The van der Waals surface area contributed by atoms with Crippen LogP contribution in [0.1, 0.15) is 48.4 Å². The molecule has 2 heterocycles. The van der Waals surface area contributed by atoms with Gasteiger partial charge in [-0.05, 0) is 61.3 Å². The van der Waals surface area contributed by atoms with E-state index in [0.29, 0.717) is 17.4 Å². The molecule has 0 spiro atoms. The van der Waals surface area contributed by atoms with Gasteiger partial charge in [-0.25, -0.2) is 4.98 Å². The number of carbonyl (C=O) groups is 2. The Labute approximate surface area is 194 Å². The molecule has 0 aromatic carbocycles. The molecule has 0 aliphatic heterocycles. The first-order chi connectivity index (χ1) is 16.2. The molecule has 2 aliphatic rings. The summed E-state index contributed by atoms with van der Waals surface area (Å²) in [7, 11) is 1.49. The largest absolute Gasteiger partial charge is 0.417 e. The van der Waals surface area contributed by atoms with Crippen LogP contribution in [-0.2, 0) is 27.0 Å². The summed E-state index contributed by atoms with van der Waals surface area (Å²) in [6.45, 7) is 0.0712. The number of carbonyl (C=O) groups excluding carboxylic acids is 2. The van der Waals surface area contributed by atoms with Gasteiger partial charge in [0.05, 0.1) is 42.3 Å². The van der Waals surface area contributed by atoms with E-state index < -0.39 is 29.6 Å². The number of halogens is 3. The van der Waals surface area contributed by atoms with Crippen molar-refractivity contribution in [3.8, 4) is 0 Å². The summed E-state index contributed by atoms with van der Waals surface area (Å²) in [4.78, 5) is 35.4. The fraction of sp³-hybridized carbons (Fsp3) is 0.478. The molecule has 2 aromatic heterocycles. The average molecular weight is 477 g/mol. The molecule has 0 saturated heterocycles. The van der Waals surface area contributed by atoms with Crippen LogP contribution in [0.15, 0.2) is 30.6 Å². The van der Waals surface area contributed by atoms with Crippen LogP contribution >= 0.6 is 0 Å². The van der Waals surface area contributed by atoms with Crippen molar-refractivity contribution in [2.75, 3.05) is 24.8 Å². The molecule has 2 amide bonds. The summed E-state index contributed by atoms with van der Waals surface area (Å²) < 4.78 is 43.9. The molecule has 0 radical (unpaired) electrons. The number of hydrogen-bond donors (Lipinski definition) is 2. The Kier molecular flexibility index (Phi) is 6.74. The van der Waals surface area contributed by atoms with E-state index in [1.807, 2.05) is 0 Å². The first-order valence-electron chi connectivity index (χ1n) is 11.1. The normalized spacial score (nSPS) is 16.7. The highest BCUT2D eigenvalue weighted by molar-refractivity contribution is 6.39. The van der Waals surface area contributed by atoms with E-state index in [4.69, 9.17) is 10.5 Å². The number of alkyl halides is 3. The number of ether oxygens (including phenoxy) is 1. The monoisotopic (exact) mass is 477 g/mol. The molecular weight excluding hydrogens is 451 g/mol. The lowest BCUT2D eigenvalue weighted by atomic mass is 10.1. The quantitative estimate of drug-likeness (QED) is 0.565. The highest BCUT2D eigenvalue weighted by Crippen LogP contribution is 2.43. The minimum absolute atomic E-state index is 0.123. The molecular formula is C23H26F3N5O3. The van der Waals surface area contributed by atoms with Gasteiger partial charge in [0, 0.05) is 13.3 Å². The lowest BCUT2D eigenvalue weighted by Gasteiger charge is -2.31. The molecule has 2 aromatic rings. The minimum Gasteiger partial charge on any atom is -0.383 e. The van der Waals surface area contributed by atoms with Gasteiger partial charge in [0.2, 0.25) is 0 Å². The molecule has 3 N–H and O–H groups in total. The average Bonchev–Trinajstić information content (AvgIpc) is 3.70. The van der Waals surface area contributed by atoms with Crippen molar-refractivity contribution >= 4 is 23.3 Å². The molecule has 182 valence electrons. The molecule has 2 saturated carbocycles. The topological polar surface area (TPSA) is 110 Å². The van der Waals surface area contributed by atoms with Gasteiger partial charge >= 0.3 is 18.0 Å². The van der Waals surface area contributed by atoms with Crippen molar-refractivity contribution in [1.82, 2.24) is 14.9 Å². The van der Waals surface area contributed by atoms with Gasteiger partial charge in [-0.2, -0.15) is 13.2 Å². The maximum absolute atomic E-state index is 13.2. The predicted molar refractivity (Wildman–Crippen MR) is 117 cm³/mol. The third kappa shape index (κ3) is 5.64. The Hall–Kier alpha value is -3.21. The second kappa shape index (κ2) is 9.57. The number of rotatable bonds is 8. The van der Waals surface area contributed by atoms with E-state index in [2.05, 4.69) is 15.3 Å². The number of amides is 2. The number of nitrogen functional groups attached to an aromatic ring is 1. The number of anilines is 2. The molecule has 0 bridgehead atoms. The Morgan fingerprint density at radius 1 is 1.21 bits per heavy atom. The third-order valence-corrected chi connectivity index (χ3v) is 6.07. The van der Waals surface area contributed by atoms with Gasteiger partial charge in [0.25, 0.3) is 0 Å². The smallest absolute Gasteiger partial charge is 0.383 e. The highest BCUT2D eigenvalue weighted by Gasteiger charge is 2.40. The Bertz CT molecular complexity index is 1050. The molecule has 34 heavy (non-hydrogen) atoms. The van der Waals surface area contributed by atoms with Crippen molar-refractivity contribution in [2.24, 2.45) is 5.92 Å². The zero-order chi connectivity index (χ0) is 24.5. The number of nitrogens with zero attached hydrogens (tertiary/aromatic N) is 3. The van der Waals surface area contributed by atoms with Crippen molar-refractivity contribution in [3.63, 3.8) is 0 Å². The number of methoxy groups -OCH3 is 1. The number of nitrogens with one attached hydrogen (secondary N) is 1. The summed E-state index contributed by atoms with van der Waals surface area (Å²) in [6, 6.07) is 3.44. The van der Waals surface area contributed by atoms with Crippen LogP contribution in [0.4, 0.5) is 24.7 Å². The zero-order valence-corrected chi connectivity index (χ0v) is 18.6. The van der Waals surface area contributed by atoms with Gasteiger partial charge in [-0.1, -0.05) is 0 Å². The number of nitrogens with two attached hydrogens (primary N) is 1. The summed E-state index contributed by atoms with van der Waals surface area (Å²) in [6.07, 6.45) is 1.33. The van der Waals surface area contributed by atoms with E-state index in [1.54, 1.807) is 6.07 Å². The second-order valence-electron chi connectivity index (χ2n) is 8.76. The SMILES string of the molecule is COC[C@@H](C1CC1)N(Cc1ccc(C(F)(F)F)cn1)C(=O)C(=O)Nc1cnc(N)c(C2CC2)c1. The van der Waals surface area contributed by atoms with Gasteiger partial charge in [0.15, 0.2) is 0 Å². The lowest BCUT2D eigenvalue weighted by molar-refractivity contribution is -0.146. The van der Waals surface area contributed by atoms with Gasteiger partial charge in [-0.15, -0.1) is 0 Å². The Morgan fingerprint density at radius 3 is 2.50 bits per heavy atom. The lowest BCUT2D eigenvalue weighted by Crippen LogP contribution is -2.48. The molecule has 0 unspecified atom stereocenters.